The molecule has 0 aliphatic heterocycles. The van der Waals surface area contributed by atoms with E-state index >= 15 is 0 Å². The molecule has 0 aliphatic rings. The summed E-state index contributed by atoms with van der Waals surface area (Å²) in [5.41, 5.74) is 0. The third kappa shape index (κ3) is 5.53. The molecule has 0 saturated heterocycles. The van der Waals surface area contributed by atoms with Crippen molar-refractivity contribution in [3.63, 3.8) is 0 Å². The van der Waals surface area contributed by atoms with Gasteiger partial charge in [0.25, 0.3) is 0 Å². The fraction of sp³-hybridized carbons (Fsp3) is 0.778. The van der Waals surface area contributed by atoms with Crippen LogP contribution in [0.5, 0.6) is 0 Å². The van der Waals surface area contributed by atoms with Gasteiger partial charge in [0.05, 0.1) is 18.6 Å². The molecule has 5 nitrogen and oxygen atoms in total. The molecule has 0 bridgehead atoms. The number of rotatable bonds is 6. The second kappa shape index (κ2) is 6.37. The van der Waals surface area contributed by atoms with Crippen molar-refractivity contribution in [3.8, 4) is 0 Å². The summed E-state index contributed by atoms with van der Waals surface area (Å²) in [6.45, 7) is 3.89. The summed E-state index contributed by atoms with van der Waals surface area (Å²) in [4.78, 5) is 21.7. The Morgan fingerprint density at radius 1 is 1.36 bits per heavy atom. The normalized spacial score (nSPS) is 12.6. The van der Waals surface area contributed by atoms with Crippen molar-refractivity contribution in [3.05, 3.63) is 0 Å². The van der Waals surface area contributed by atoms with Gasteiger partial charge in [0, 0.05) is 0 Å². The summed E-state index contributed by atoms with van der Waals surface area (Å²) < 4.78 is 0. The van der Waals surface area contributed by atoms with Crippen LogP contribution in [0.2, 0.25) is 0 Å². The van der Waals surface area contributed by atoms with Crippen molar-refractivity contribution in [1.29, 1.82) is 0 Å². The summed E-state index contributed by atoms with van der Waals surface area (Å²) in [6, 6.07) is -0.893. The Balaban J connectivity index is 4.09. The molecule has 14 heavy (non-hydrogen) atoms. The maximum Gasteiger partial charge on any atom is 0.234 e. The zero-order valence-corrected chi connectivity index (χ0v) is 8.79. The molecule has 0 aromatic rings. The van der Waals surface area contributed by atoms with Gasteiger partial charge in [-0.2, -0.15) is 0 Å². The molecule has 0 rings (SSSR count). The SMILES string of the molecule is CNCC(=O)N[C@@H](CC(C)C)C(=O)[O-]. The topological polar surface area (TPSA) is 81.3 Å². The fourth-order valence-corrected chi connectivity index (χ4v) is 1.09. The third-order valence-corrected chi connectivity index (χ3v) is 1.66. The predicted octanol–water partition coefficient (Wildman–Crippen LogP) is -1.51. The Labute approximate surface area is 83.9 Å². The molecule has 0 radical (unpaired) electrons. The van der Waals surface area contributed by atoms with E-state index in [0.717, 1.165) is 0 Å². The molecule has 0 fully saturated rings. The van der Waals surface area contributed by atoms with Gasteiger partial charge in [-0.25, -0.2) is 0 Å². The molecule has 5 heteroatoms. The Bertz CT molecular complexity index is 204. The number of carboxylic acids is 1. The number of hydrogen-bond acceptors (Lipinski definition) is 4. The largest absolute Gasteiger partial charge is 0.548 e. The van der Waals surface area contributed by atoms with Gasteiger partial charge in [-0.1, -0.05) is 13.8 Å². The number of nitrogens with one attached hydrogen (secondary N) is 2. The van der Waals surface area contributed by atoms with Crippen molar-refractivity contribution >= 4 is 11.9 Å². The van der Waals surface area contributed by atoms with E-state index in [1.807, 2.05) is 13.8 Å². The van der Waals surface area contributed by atoms with Gasteiger partial charge in [-0.3, -0.25) is 4.79 Å². The number of carboxylic acid groups (broad SMARTS) is 1. The Kier molecular flexibility index (Phi) is 5.87. The number of hydrogen-bond donors (Lipinski definition) is 2. The average Bonchev–Trinajstić information content (AvgIpc) is 2.02. The monoisotopic (exact) mass is 201 g/mol. The first-order valence-electron chi connectivity index (χ1n) is 4.62. The minimum atomic E-state index is -1.23. The molecule has 0 aliphatic carbocycles. The van der Waals surface area contributed by atoms with Crippen LogP contribution in [0.1, 0.15) is 20.3 Å². The smallest absolute Gasteiger partial charge is 0.234 e. The molecular weight excluding hydrogens is 184 g/mol. The Morgan fingerprint density at radius 3 is 2.29 bits per heavy atom. The molecule has 1 atom stereocenters. The molecule has 1 amide bonds. The summed E-state index contributed by atoms with van der Waals surface area (Å²) in [5, 5.41) is 15.7. The Morgan fingerprint density at radius 2 is 1.93 bits per heavy atom. The standard InChI is InChI=1S/C9H18N2O3/c1-6(2)4-7(9(13)14)11-8(12)5-10-3/h6-7,10H,4-5H2,1-3H3,(H,11,12)(H,13,14)/p-1/t7-/m0/s1. The lowest BCUT2D eigenvalue weighted by Crippen LogP contribution is -2.50. The van der Waals surface area contributed by atoms with E-state index in [1.54, 1.807) is 7.05 Å². The van der Waals surface area contributed by atoms with Crippen LogP contribution in [0, 0.1) is 5.92 Å². The van der Waals surface area contributed by atoms with E-state index in [4.69, 9.17) is 0 Å². The number of carbonyl (C=O) groups is 2. The highest BCUT2D eigenvalue weighted by molar-refractivity contribution is 5.83. The highest BCUT2D eigenvalue weighted by atomic mass is 16.4. The molecule has 82 valence electrons. The summed E-state index contributed by atoms with van der Waals surface area (Å²) in [6.07, 6.45) is 0.387. The number of carbonyl (C=O) groups excluding carboxylic acids is 2. The molecule has 0 saturated carbocycles. The van der Waals surface area contributed by atoms with Gasteiger partial charge in [0.1, 0.15) is 0 Å². The lowest BCUT2D eigenvalue weighted by molar-refractivity contribution is -0.308. The van der Waals surface area contributed by atoms with Crippen LogP contribution in [0.3, 0.4) is 0 Å². The Hall–Kier alpha value is -1.10. The summed E-state index contributed by atoms with van der Waals surface area (Å²) in [7, 11) is 1.62. The van der Waals surface area contributed by atoms with Crippen molar-refractivity contribution < 1.29 is 14.7 Å². The second-order valence-corrected chi connectivity index (χ2v) is 3.60. The van der Waals surface area contributed by atoms with Crippen LogP contribution in [-0.4, -0.2) is 31.5 Å². The van der Waals surface area contributed by atoms with Gasteiger partial charge in [0.15, 0.2) is 0 Å². The van der Waals surface area contributed by atoms with E-state index in [-0.39, 0.29) is 18.4 Å². The van der Waals surface area contributed by atoms with Crippen molar-refractivity contribution in [2.24, 2.45) is 5.92 Å². The van der Waals surface area contributed by atoms with Gasteiger partial charge in [-0.05, 0) is 19.4 Å². The van der Waals surface area contributed by atoms with Crippen LogP contribution < -0.4 is 15.7 Å². The van der Waals surface area contributed by atoms with Crippen LogP contribution in [0.25, 0.3) is 0 Å². The van der Waals surface area contributed by atoms with Crippen LogP contribution >= 0.6 is 0 Å². The number of aliphatic carboxylic acids is 1. The van der Waals surface area contributed by atoms with E-state index in [1.165, 1.54) is 0 Å². The van der Waals surface area contributed by atoms with Crippen molar-refractivity contribution in [1.82, 2.24) is 10.6 Å². The van der Waals surface area contributed by atoms with Gasteiger partial charge < -0.3 is 20.5 Å². The lowest BCUT2D eigenvalue weighted by atomic mass is 10.0. The molecule has 0 unspecified atom stereocenters. The lowest BCUT2D eigenvalue weighted by Gasteiger charge is -2.21. The first-order valence-corrected chi connectivity index (χ1v) is 4.62. The van der Waals surface area contributed by atoms with Gasteiger partial charge >= 0.3 is 0 Å². The minimum absolute atomic E-state index is 0.113. The first kappa shape index (κ1) is 12.9. The van der Waals surface area contributed by atoms with Crippen LogP contribution in [0.4, 0.5) is 0 Å². The van der Waals surface area contributed by atoms with Crippen molar-refractivity contribution in [2.75, 3.05) is 13.6 Å². The zero-order valence-electron chi connectivity index (χ0n) is 8.79. The summed E-state index contributed by atoms with van der Waals surface area (Å²) >= 11 is 0. The van der Waals surface area contributed by atoms with Crippen molar-refractivity contribution in [2.45, 2.75) is 26.3 Å². The maximum atomic E-state index is 11.1. The quantitative estimate of drug-likeness (QED) is 0.547. The zero-order chi connectivity index (χ0) is 11.1. The molecule has 0 heterocycles. The molecule has 2 N–H and O–H groups in total. The number of amides is 1. The van der Waals surface area contributed by atoms with Crippen LogP contribution in [0.15, 0.2) is 0 Å². The maximum absolute atomic E-state index is 11.1. The molecule has 0 spiro atoms. The van der Waals surface area contributed by atoms with E-state index < -0.39 is 12.0 Å². The fourth-order valence-electron chi connectivity index (χ4n) is 1.09. The van der Waals surface area contributed by atoms with Gasteiger partial charge in [-0.15, -0.1) is 0 Å². The highest BCUT2D eigenvalue weighted by Gasteiger charge is 2.14. The minimum Gasteiger partial charge on any atom is -0.548 e. The predicted molar refractivity (Wildman–Crippen MR) is 50.3 cm³/mol. The van der Waals surface area contributed by atoms with Gasteiger partial charge in [0.2, 0.25) is 5.91 Å². The highest BCUT2D eigenvalue weighted by Crippen LogP contribution is 2.03. The van der Waals surface area contributed by atoms with E-state index in [2.05, 4.69) is 10.6 Å². The molecule has 0 aromatic carbocycles. The second-order valence-electron chi connectivity index (χ2n) is 3.60. The van der Waals surface area contributed by atoms with Crippen LogP contribution in [-0.2, 0) is 9.59 Å². The summed E-state index contributed by atoms with van der Waals surface area (Å²) in [5.74, 6) is -1.36. The number of likely N-dealkylation sites (N-methyl/N-ethyl adjacent to an activating group) is 1. The first-order chi connectivity index (χ1) is 6.47. The molecule has 0 aromatic heterocycles. The third-order valence-electron chi connectivity index (χ3n) is 1.66. The molecular formula is C9H17N2O3-. The van der Waals surface area contributed by atoms with E-state index in [9.17, 15) is 14.7 Å². The van der Waals surface area contributed by atoms with E-state index in [0.29, 0.717) is 6.42 Å². The average molecular weight is 201 g/mol.